The summed E-state index contributed by atoms with van der Waals surface area (Å²) in [6.07, 6.45) is 0. The smallest absolute Gasteiger partial charge is 0.145 e. The molecule has 3 heterocycles. The predicted molar refractivity (Wildman–Crippen MR) is 236 cm³/mol. The van der Waals surface area contributed by atoms with E-state index in [4.69, 9.17) is 15.0 Å². The molecule has 8 aromatic carbocycles. The molecule has 0 aliphatic rings. The van der Waals surface area contributed by atoms with Gasteiger partial charge in [0.2, 0.25) is 0 Å². The molecular weight excluding hydrogens is 715 g/mol. The number of hydrogen-bond donors (Lipinski definition) is 0. The summed E-state index contributed by atoms with van der Waals surface area (Å²) in [6, 6.07) is 70.3. The van der Waals surface area contributed by atoms with E-state index < -0.39 is 0 Å². The number of fused-ring (bicyclic) bond motifs is 3. The number of benzene rings is 8. The van der Waals surface area contributed by atoms with Crippen LogP contribution in [0.5, 0.6) is 0 Å². The lowest BCUT2D eigenvalue weighted by molar-refractivity contribution is 1.10. The molecule has 0 unspecified atom stereocenters. The lowest BCUT2D eigenvalue weighted by atomic mass is 9.95. The van der Waals surface area contributed by atoms with Crippen molar-refractivity contribution in [2.75, 3.05) is 0 Å². The van der Waals surface area contributed by atoms with Crippen LogP contribution in [0.4, 0.5) is 0 Å². The van der Waals surface area contributed by atoms with Gasteiger partial charge in [0.05, 0.1) is 32.3 Å². The molecule has 0 atom stereocenters. The molecule has 0 saturated carbocycles. The fourth-order valence-electron chi connectivity index (χ4n) is 7.82. The van der Waals surface area contributed by atoms with E-state index in [0.29, 0.717) is 0 Å². The number of hydrogen-bond acceptors (Lipinski definition) is 4. The first kappa shape index (κ1) is 33.0. The highest BCUT2D eigenvalue weighted by Crippen LogP contribution is 2.38. The van der Waals surface area contributed by atoms with Crippen LogP contribution in [0, 0.1) is 0 Å². The van der Waals surface area contributed by atoms with Crippen molar-refractivity contribution in [1.82, 2.24) is 24.1 Å². The van der Waals surface area contributed by atoms with E-state index in [1.54, 1.807) is 11.3 Å². The molecule has 0 aliphatic heterocycles. The molecule has 6 heteroatoms. The van der Waals surface area contributed by atoms with E-state index in [9.17, 15) is 0 Å². The summed E-state index contributed by atoms with van der Waals surface area (Å²) in [5.41, 5.74) is 15.0. The Morgan fingerprint density at radius 1 is 0.316 bits per heavy atom. The van der Waals surface area contributed by atoms with Gasteiger partial charge in [-0.1, -0.05) is 121 Å². The average molecular weight is 748 g/mol. The zero-order chi connectivity index (χ0) is 37.7. The van der Waals surface area contributed by atoms with Crippen LogP contribution in [0.3, 0.4) is 0 Å². The molecule has 0 bridgehead atoms. The lowest BCUT2D eigenvalue weighted by Crippen LogP contribution is -1.97. The first-order chi connectivity index (χ1) is 28.2. The summed E-state index contributed by atoms with van der Waals surface area (Å²) in [6.45, 7) is 0. The molecule has 0 spiro atoms. The molecule has 0 fully saturated rings. The van der Waals surface area contributed by atoms with Crippen molar-refractivity contribution in [2.45, 2.75) is 0 Å². The van der Waals surface area contributed by atoms with Crippen molar-refractivity contribution in [3.05, 3.63) is 200 Å². The highest BCUT2D eigenvalue weighted by Gasteiger charge is 2.17. The van der Waals surface area contributed by atoms with Crippen molar-refractivity contribution in [1.29, 1.82) is 0 Å². The summed E-state index contributed by atoms with van der Waals surface area (Å²) in [7, 11) is 0. The van der Waals surface area contributed by atoms with E-state index in [0.717, 1.165) is 94.6 Å². The first-order valence-electron chi connectivity index (χ1n) is 19.0. The highest BCUT2D eigenvalue weighted by molar-refractivity contribution is 7.21. The summed E-state index contributed by atoms with van der Waals surface area (Å²) >= 11 is 1.73. The van der Waals surface area contributed by atoms with Crippen molar-refractivity contribution < 1.29 is 0 Å². The third-order valence-electron chi connectivity index (χ3n) is 10.6. The van der Waals surface area contributed by atoms with Crippen LogP contribution in [0.15, 0.2) is 200 Å². The molecule has 0 aliphatic carbocycles. The van der Waals surface area contributed by atoms with Gasteiger partial charge in [0.25, 0.3) is 0 Å². The van der Waals surface area contributed by atoms with Crippen LogP contribution in [-0.2, 0) is 0 Å². The number of imidazole rings is 2. The van der Waals surface area contributed by atoms with E-state index in [-0.39, 0.29) is 0 Å². The van der Waals surface area contributed by atoms with Gasteiger partial charge in [0.1, 0.15) is 16.7 Å². The van der Waals surface area contributed by atoms with Gasteiger partial charge in [-0.05, 0) is 101 Å². The summed E-state index contributed by atoms with van der Waals surface area (Å²) in [5, 5.41) is 1.00. The number of nitrogens with zero attached hydrogens (tertiary/aromatic N) is 5. The van der Waals surface area contributed by atoms with Crippen LogP contribution >= 0.6 is 11.3 Å². The van der Waals surface area contributed by atoms with Crippen LogP contribution in [-0.4, -0.2) is 24.1 Å². The van der Waals surface area contributed by atoms with Gasteiger partial charge in [0, 0.05) is 28.1 Å². The Hall–Kier alpha value is -7.41. The van der Waals surface area contributed by atoms with Gasteiger partial charge in [-0.2, -0.15) is 0 Å². The second-order valence-electron chi connectivity index (χ2n) is 14.1. The number of rotatable bonds is 7. The number of para-hydroxylation sites is 7. The van der Waals surface area contributed by atoms with E-state index in [2.05, 4.69) is 185 Å². The Kier molecular flexibility index (Phi) is 7.93. The SMILES string of the molecule is c1ccc(-n2c(-c3ccc(-c4cc(-c5ccc(-c6nc7ccccc7n6-c6ccccc6)cc5)cc(-c5nc6ccccc6s5)c4)cc3)nc3ccccc32)cc1. The van der Waals surface area contributed by atoms with Crippen molar-refractivity contribution in [3.8, 4) is 67.0 Å². The average Bonchev–Trinajstić information content (AvgIpc) is 4.01. The van der Waals surface area contributed by atoms with Gasteiger partial charge < -0.3 is 0 Å². The molecular formula is C51H33N5S. The van der Waals surface area contributed by atoms with E-state index >= 15 is 0 Å². The largest absolute Gasteiger partial charge is 0.292 e. The van der Waals surface area contributed by atoms with E-state index in [1.807, 2.05) is 24.3 Å². The van der Waals surface area contributed by atoms with Gasteiger partial charge in [-0.3, -0.25) is 9.13 Å². The van der Waals surface area contributed by atoms with Crippen LogP contribution in [0.2, 0.25) is 0 Å². The van der Waals surface area contributed by atoms with Gasteiger partial charge in [0.15, 0.2) is 0 Å². The molecule has 0 amide bonds. The van der Waals surface area contributed by atoms with Gasteiger partial charge in [-0.25, -0.2) is 15.0 Å². The Bertz CT molecular complexity index is 3000. The summed E-state index contributed by atoms with van der Waals surface area (Å²) < 4.78 is 5.67. The summed E-state index contributed by atoms with van der Waals surface area (Å²) in [4.78, 5) is 15.3. The number of aromatic nitrogens is 5. The second kappa shape index (κ2) is 13.7. The topological polar surface area (TPSA) is 48.5 Å². The van der Waals surface area contributed by atoms with Crippen LogP contribution in [0.25, 0.3) is 99.3 Å². The standard InChI is InChI=1S/C51H33N5S/c1-3-13-41(14-4-1)55-46-20-10-7-17-43(46)52-49(55)36-27-23-34(24-28-36)38-31-39(33-40(32-38)51-54-45-19-9-12-22-48(45)57-51)35-25-29-37(30-26-35)50-53-44-18-8-11-21-47(44)56(50)42-15-5-2-6-16-42/h1-33H. The van der Waals surface area contributed by atoms with Crippen molar-refractivity contribution >= 4 is 43.6 Å². The van der Waals surface area contributed by atoms with Crippen LogP contribution < -0.4 is 0 Å². The van der Waals surface area contributed by atoms with Crippen molar-refractivity contribution in [3.63, 3.8) is 0 Å². The predicted octanol–water partition coefficient (Wildman–Crippen LogP) is 13.3. The molecule has 0 radical (unpaired) electrons. The summed E-state index contributed by atoms with van der Waals surface area (Å²) in [5.74, 6) is 1.83. The molecule has 3 aromatic heterocycles. The fourth-order valence-corrected chi connectivity index (χ4v) is 8.77. The maximum atomic E-state index is 5.10. The number of thiazole rings is 1. The van der Waals surface area contributed by atoms with Gasteiger partial charge >= 0.3 is 0 Å². The second-order valence-corrected chi connectivity index (χ2v) is 15.2. The molecule has 11 rings (SSSR count). The Balaban J connectivity index is 1.01. The monoisotopic (exact) mass is 747 g/mol. The fraction of sp³-hybridized carbons (Fsp3) is 0. The highest BCUT2D eigenvalue weighted by atomic mass is 32.1. The zero-order valence-electron chi connectivity index (χ0n) is 30.7. The molecule has 0 saturated heterocycles. The van der Waals surface area contributed by atoms with Crippen molar-refractivity contribution in [2.24, 2.45) is 0 Å². The third-order valence-corrected chi connectivity index (χ3v) is 11.7. The first-order valence-corrected chi connectivity index (χ1v) is 19.8. The molecule has 57 heavy (non-hydrogen) atoms. The Morgan fingerprint density at radius 3 is 1.21 bits per heavy atom. The Morgan fingerprint density at radius 2 is 0.719 bits per heavy atom. The van der Waals surface area contributed by atoms with Crippen LogP contribution in [0.1, 0.15) is 0 Å². The van der Waals surface area contributed by atoms with Gasteiger partial charge in [-0.15, -0.1) is 11.3 Å². The minimum atomic E-state index is 0.916. The van der Waals surface area contributed by atoms with E-state index in [1.165, 1.54) is 4.70 Å². The molecule has 11 aromatic rings. The maximum absolute atomic E-state index is 5.10. The minimum Gasteiger partial charge on any atom is -0.292 e. The molecule has 5 nitrogen and oxygen atoms in total. The minimum absolute atomic E-state index is 0.916. The molecule has 268 valence electrons. The Labute approximate surface area is 333 Å². The lowest BCUT2D eigenvalue weighted by Gasteiger charge is -2.13. The normalized spacial score (nSPS) is 11.5. The zero-order valence-corrected chi connectivity index (χ0v) is 31.5. The molecule has 0 N–H and O–H groups in total. The quantitative estimate of drug-likeness (QED) is 0.163. The third kappa shape index (κ3) is 5.91. The maximum Gasteiger partial charge on any atom is 0.145 e.